The van der Waals surface area contributed by atoms with Gasteiger partial charge in [-0.05, 0) is 44.2 Å². The Bertz CT molecular complexity index is 1280. The van der Waals surface area contributed by atoms with Crippen molar-refractivity contribution in [2.24, 2.45) is 5.92 Å². The van der Waals surface area contributed by atoms with Crippen LogP contribution in [0.2, 0.25) is 0 Å². The van der Waals surface area contributed by atoms with Crippen LogP contribution in [0.15, 0.2) is 37.7 Å². The van der Waals surface area contributed by atoms with Crippen molar-refractivity contribution in [3.8, 4) is 0 Å². The summed E-state index contributed by atoms with van der Waals surface area (Å²) < 4.78 is 34.5. The van der Waals surface area contributed by atoms with E-state index in [1.165, 1.54) is 32.3 Å². The van der Waals surface area contributed by atoms with Gasteiger partial charge < -0.3 is 9.73 Å². The molecule has 0 radical (unpaired) electrons. The number of benzene rings is 1. The van der Waals surface area contributed by atoms with Gasteiger partial charge in [0.15, 0.2) is 10.7 Å². The Morgan fingerprint density at radius 1 is 1.31 bits per heavy atom. The number of hydrogen-bond acceptors (Lipinski definition) is 7. The number of fused-ring (bicyclic) bond motifs is 1. The molecule has 32 heavy (non-hydrogen) atoms. The molecule has 1 aliphatic rings. The number of amides is 1. The second-order valence-electron chi connectivity index (χ2n) is 8.04. The fourth-order valence-corrected chi connectivity index (χ4v) is 6.18. The number of anilines is 1. The molecule has 1 fully saturated rings. The van der Waals surface area contributed by atoms with Gasteiger partial charge >= 0.3 is 5.76 Å². The molecule has 0 unspecified atom stereocenters. The molecule has 1 N–H and O–H groups in total. The first kappa shape index (κ1) is 22.7. The van der Waals surface area contributed by atoms with Gasteiger partial charge in [0, 0.05) is 37.5 Å². The monoisotopic (exact) mass is 478 g/mol. The second kappa shape index (κ2) is 9.16. The van der Waals surface area contributed by atoms with Crippen LogP contribution in [0.1, 0.15) is 38.3 Å². The lowest BCUT2D eigenvalue weighted by Gasteiger charge is -2.30. The van der Waals surface area contributed by atoms with Crippen LogP contribution >= 0.6 is 11.3 Å². The maximum absolute atomic E-state index is 13.1. The largest absolute Gasteiger partial charge is 0.419 e. The van der Waals surface area contributed by atoms with Crippen LogP contribution in [-0.2, 0) is 21.4 Å². The third-order valence-corrected chi connectivity index (χ3v) is 8.41. The van der Waals surface area contributed by atoms with Crippen molar-refractivity contribution in [3.63, 3.8) is 0 Å². The smallest absolute Gasteiger partial charge is 0.408 e. The Morgan fingerprint density at radius 2 is 2.06 bits per heavy atom. The molecule has 0 spiro atoms. The number of thiazole rings is 1. The maximum atomic E-state index is 13.1. The summed E-state index contributed by atoms with van der Waals surface area (Å²) in [5.41, 5.74) is 1.73. The quantitative estimate of drug-likeness (QED) is 0.558. The first-order chi connectivity index (χ1) is 15.3. The Labute approximate surface area is 190 Å². The normalized spacial score (nSPS) is 15.9. The number of hydrogen-bond donors (Lipinski definition) is 1. The topological polar surface area (TPSA) is 115 Å². The van der Waals surface area contributed by atoms with Gasteiger partial charge in [-0.1, -0.05) is 6.92 Å². The molecule has 1 aliphatic heterocycles. The van der Waals surface area contributed by atoms with Crippen LogP contribution in [0.25, 0.3) is 11.1 Å². The minimum atomic E-state index is -3.71. The molecule has 1 aromatic carbocycles. The SMILES string of the molecule is CCCn1c(=O)oc2cc(S(=O)(=O)N3CCC(CC(=O)Nc4nc(C)cs4)CC3)ccc21. The Morgan fingerprint density at radius 3 is 2.72 bits per heavy atom. The van der Waals surface area contributed by atoms with Crippen molar-refractivity contribution >= 4 is 43.5 Å². The number of sulfonamides is 1. The fourth-order valence-electron chi connectivity index (χ4n) is 3.99. The molecule has 172 valence electrons. The summed E-state index contributed by atoms with van der Waals surface area (Å²) in [5.74, 6) is -0.466. The van der Waals surface area contributed by atoms with E-state index in [1.807, 2.05) is 19.2 Å². The van der Waals surface area contributed by atoms with Crippen LogP contribution in [0.5, 0.6) is 0 Å². The van der Waals surface area contributed by atoms with E-state index in [-0.39, 0.29) is 22.3 Å². The van der Waals surface area contributed by atoms with Gasteiger partial charge in [0.05, 0.1) is 16.1 Å². The van der Waals surface area contributed by atoms with Crippen molar-refractivity contribution in [1.82, 2.24) is 13.9 Å². The van der Waals surface area contributed by atoms with E-state index in [2.05, 4.69) is 10.3 Å². The molecule has 0 saturated carbocycles. The van der Waals surface area contributed by atoms with Gasteiger partial charge in [0.25, 0.3) is 0 Å². The van der Waals surface area contributed by atoms with E-state index in [4.69, 9.17) is 4.42 Å². The molecule has 0 atom stereocenters. The zero-order valence-corrected chi connectivity index (χ0v) is 19.7. The number of nitrogens with zero attached hydrogens (tertiary/aromatic N) is 3. The molecular formula is C21H26N4O5S2. The lowest BCUT2D eigenvalue weighted by molar-refractivity contribution is -0.117. The summed E-state index contributed by atoms with van der Waals surface area (Å²) in [6.45, 7) is 5.03. The average molecular weight is 479 g/mol. The fraction of sp³-hybridized carbons (Fsp3) is 0.476. The number of piperidine rings is 1. The highest BCUT2D eigenvalue weighted by Gasteiger charge is 2.31. The highest BCUT2D eigenvalue weighted by molar-refractivity contribution is 7.89. The Kier molecular flexibility index (Phi) is 6.50. The number of aryl methyl sites for hydroxylation is 2. The third-order valence-electron chi connectivity index (χ3n) is 5.64. The summed E-state index contributed by atoms with van der Waals surface area (Å²) in [6, 6.07) is 4.57. The standard InChI is InChI=1S/C21H26N4O5S2/c1-3-8-25-17-5-4-16(12-18(17)30-21(25)27)32(28,29)24-9-6-15(7-10-24)11-19(26)23-20-22-14(2)13-31-20/h4-5,12-13,15H,3,6-11H2,1-2H3,(H,22,23,26). The summed E-state index contributed by atoms with van der Waals surface area (Å²) in [5, 5.41) is 5.27. The minimum Gasteiger partial charge on any atom is -0.408 e. The molecule has 1 amide bonds. The zero-order chi connectivity index (χ0) is 22.9. The Balaban J connectivity index is 1.40. The van der Waals surface area contributed by atoms with Gasteiger partial charge in [-0.15, -0.1) is 11.3 Å². The van der Waals surface area contributed by atoms with E-state index >= 15 is 0 Å². The van der Waals surface area contributed by atoms with Crippen molar-refractivity contribution < 1.29 is 17.6 Å². The van der Waals surface area contributed by atoms with E-state index < -0.39 is 15.8 Å². The van der Waals surface area contributed by atoms with E-state index in [9.17, 15) is 18.0 Å². The molecule has 0 aliphatic carbocycles. The minimum absolute atomic E-state index is 0.0993. The summed E-state index contributed by atoms with van der Waals surface area (Å²) in [6.07, 6.45) is 2.32. The molecule has 0 bridgehead atoms. The Hall–Kier alpha value is -2.50. The van der Waals surface area contributed by atoms with Crippen LogP contribution in [0.3, 0.4) is 0 Å². The third kappa shape index (κ3) is 4.64. The second-order valence-corrected chi connectivity index (χ2v) is 10.8. The zero-order valence-electron chi connectivity index (χ0n) is 18.0. The van der Waals surface area contributed by atoms with Crippen molar-refractivity contribution in [1.29, 1.82) is 0 Å². The van der Waals surface area contributed by atoms with Gasteiger partial charge in [0.1, 0.15) is 0 Å². The lowest BCUT2D eigenvalue weighted by Crippen LogP contribution is -2.39. The number of nitrogens with one attached hydrogen (secondary N) is 1. The van der Waals surface area contributed by atoms with E-state index in [1.54, 1.807) is 6.07 Å². The van der Waals surface area contributed by atoms with Crippen molar-refractivity contribution in [2.75, 3.05) is 18.4 Å². The van der Waals surface area contributed by atoms with Gasteiger partial charge in [-0.3, -0.25) is 9.36 Å². The molecule has 4 rings (SSSR count). The molecule has 2 aromatic heterocycles. The predicted octanol–water partition coefficient (Wildman–Crippen LogP) is 3.20. The average Bonchev–Trinajstić information content (AvgIpc) is 3.30. The van der Waals surface area contributed by atoms with Crippen LogP contribution in [0, 0.1) is 12.8 Å². The number of rotatable bonds is 7. The summed E-state index contributed by atoms with van der Waals surface area (Å²) in [4.78, 5) is 28.6. The van der Waals surface area contributed by atoms with Gasteiger partial charge in [-0.2, -0.15) is 4.31 Å². The van der Waals surface area contributed by atoms with Gasteiger partial charge in [0.2, 0.25) is 15.9 Å². The molecule has 3 aromatic rings. The molecular weight excluding hydrogens is 452 g/mol. The van der Waals surface area contributed by atoms with Crippen molar-refractivity contribution in [2.45, 2.75) is 51.0 Å². The summed E-state index contributed by atoms with van der Waals surface area (Å²) >= 11 is 1.39. The molecule has 11 heteroatoms. The molecule has 3 heterocycles. The van der Waals surface area contributed by atoms with Crippen LogP contribution in [-0.4, -0.2) is 41.3 Å². The number of oxazole rings is 1. The molecule has 1 saturated heterocycles. The maximum Gasteiger partial charge on any atom is 0.419 e. The van der Waals surface area contributed by atoms with Crippen LogP contribution in [0.4, 0.5) is 5.13 Å². The number of carbonyl (C=O) groups is 1. The first-order valence-electron chi connectivity index (χ1n) is 10.6. The highest BCUT2D eigenvalue weighted by Crippen LogP contribution is 2.28. The van der Waals surface area contributed by atoms with E-state index in [0.717, 1.165) is 12.1 Å². The van der Waals surface area contributed by atoms with E-state index in [0.29, 0.717) is 49.5 Å². The first-order valence-corrected chi connectivity index (χ1v) is 13.0. The number of aromatic nitrogens is 2. The number of carbonyl (C=O) groups excluding carboxylic acids is 1. The highest BCUT2D eigenvalue weighted by atomic mass is 32.2. The van der Waals surface area contributed by atoms with Gasteiger partial charge in [-0.25, -0.2) is 18.2 Å². The molecule has 9 nitrogen and oxygen atoms in total. The lowest BCUT2D eigenvalue weighted by atomic mass is 9.94. The summed E-state index contributed by atoms with van der Waals surface area (Å²) in [7, 11) is -3.71. The van der Waals surface area contributed by atoms with Crippen molar-refractivity contribution in [3.05, 3.63) is 39.8 Å². The predicted molar refractivity (Wildman–Crippen MR) is 122 cm³/mol. The van der Waals surface area contributed by atoms with Crippen LogP contribution < -0.4 is 11.1 Å².